The summed E-state index contributed by atoms with van der Waals surface area (Å²) in [5.41, 5.74) is 6.07. The molecule has 0 aliphatic rings. The number of unbranched alkanes of at least 4 members (excludes halogenated alkanes) is 4. The molecule has 2 N–H and O–H groups in total. The van der Waals surface area contributed by atoms with Crippen molar-refractivity contribution in [3.8, 4) is 0 Å². The lowest BCUT2D eigenvalue weighted by atomic mass is 10.1. The maximum Gasteiger partial charge on any atom is 0.244 e. The highest BCUT2D eigenvalue weighted by atomic mass is 16.1. The summed E-state index contributed by atoms with van der Waals surface area (Å²) < 4.78 is 0. The third kappa shape index (κ3) is 11.5. The molecule has 0 radical (unpaired) electrons. The van der Waals surface area contributed by atoms with Crippen LogP contribution in [0.15, 0.2) is 36.0 Å². The summed E-state index contributed by atoms with van der Waals surface area (Å²) in [6.45, 7) is 4.28. The highest BCUT2D eigenvalue weighted by Gasteiger charge is 2.00. The van der Waals surface area contributed by atoms with E-state index in [2.05, 4.69) is 38.2 Å². The van der Waals surface area contributed by atoms with Crippen molar-refractivity contribution in [2.24, 2.45) is 5.73 Å². The molecule has 0 aliphatic carbocycles. The van der Waals surface area contributed by atoms with E-state index in [0.29, 0.717) is 6.42 Å². The molecule has 19 heavy (non-hydrogen) atoms. The Balaban J connectivity index is 3.78. The minimum atomic E-state index is -0.291. The molecule has 2 nitrogen and oxygen atoms in total. The molecule has 0 bridgehead atoms. The monoisotopic (exact) mass is 263 g/mol. The number of hydrogen-bond donors (Lipinski definition) is 1. The van der Waals surface area contributed by atoms with Crippen molar-refractivity contribution in [2.45, 2.75) is 65.2 Å². The van der Waals surface area contributed by atoms with Crippen LogP contribution in [-0.4, -0.2) is 5.91 Å². The summed E-state index contributed by atoms with van der Waals surface area (Å²) in [6, 6.07) is 0. The van der Waals surface area contributed by atoms with Crippen LogP contribution < -0.4 is 5.73 Å². The molecule has 0 spiro atoms. The average Bonchev–Trinajstić information content (AvgIpc) is 2.39. The van der Waals surface area contributed by atoms with Crippen molar-refractivity contribution in [3.05, 3.63) is 36.0 Å². The van der Waals surface area contributed by atoms with Crippen LogP contribution in [0.2, 0.25) is 0 Å². The van der Waals surface area contributed by atoms with Crippen LogP contribution in [0.25, 0.3) is 0 Å². The molecule has 0 rings (SSSR count). The van der Waals surface area contributed by atoms with Gasteiger partial charge in [0, 0.05) is 5.57 Å². The average molecular weight is 263 g/mol. The Kier molecular flexibility index (Phi) is 12.2. The summed E-state index contributed by atoms with van der Waals surface area (Å²) in [5, 5.41) is 0. The smallest absolute Gasteiger partial charge is 0.244 e. The summed E-state index contributed by atoms with van der Waals surface area (Å²) in [4.78, 5) is 11.2. The Bertz CT molecular complexity index is 313. The molecular formula is C17H29NO. The first-order valence-electron chi connectivity index (χ1n) is 7.51. The lowest BCUT2D eigenvalue weighted by Gasteiger charge is -1.98. The van der Waals surface area contributed by atoms with Gasteiger partial charge in [0.1, 0.15) is 0 Å². The Morgan fingerprint density at radius 2 is 1.47 bits per heavy atom. The first kappa shape index (κ1) is 17.7. The number of carbonyl (C=O) groups is 1. The largest absolute Gasteiger partial charge is 0.366 e. The third-order valence-corrected chi connectivity index (χ3v) is 2.86. The maximum atomic E-state index is 11.2. The number of nitrogens with two attached hydrogens (primary N) is 1. The molecule has 0 aromatic rings. The zero-order valence-electron chi connectivity index (χ0n) is 12.5. The first-order chi connectivity index (χ1) is 9.22. The quantitative estimate of drug-likeness (QED) is 0.328. The second-order valence-electron chi connectivity index (χ2n) is 4.75. The highest BCUT2D eigenvalue weighted by molar-refractivity contribution is 5.92. The number of carbonyl (C=O) groups excluding carboxylic acids is 1. The third-order valence-electron chi connectivity index (χ3n) is 2.86. The maximum absolute atomic E-state index is 11.2. The van der Waals surface area contributed by atoms with E-state index in [1.54, 1.807) is 0 Å². The SMILES string of the molecule is CCCC=CCCCC=CCC(=CCCC)C(N)=O. The lowest BCUT2D eigenvalue weighted by molar-refractivity contribution is -0.114. The number of allylic oxidation sites excluding steroid dienone is 5. The van der Waals surface area contributed by atoms with Gasteiger partial charge < -0.3 is 5.73 Å². The van der Waals surface area contributed by atoms with Gasteiger partial charge in [0.15, 0.2) is 0 Å². The van der Waals surface area contributed by atoms with Crippen LogP contribution in [0.1, 0.15) is 65.2 Å². The van der Waals surface area contributed by atoms with Gasteiger partial charge in [-0.15, -0.1) is 0 Å². The summed E-state index contributed by atoms with van der Waals surface area (Å²) >= 11 is 0. The molecule has 0 aliphatic heterocycles. The van der Waals surface area contributed by atoms with Crippen LogP contribution in [0, 0.1) is 0 Å². The predicted octanol–water partition coefficient (Wildman–Crippen LogP) is 4.67. The minimum absolute atomic E-state index is 0.291. The standard InChI is InChI=1S/C17H29NO/c1-3-5-7-8-9-10-11-12-13-15-16(17(18)19)14-6-4-2/h7-8,12-14H,3-6,9-11,15H2,1-2H3,(H2,18,19). The van der Waals surface area contributed by atoms with Gasteiger partial charge in [0.05, 0.1) is 0 Å². The van der Waals surface area contributed by atoms with Crippen LogP contribution in [0.3, 0.4) is 0 Å². The highest BCUT2D eigenvalue weighted by Crippen LogP contribution is 2.06. The van der Waals surface area contributed by atoms with Crippen LogP contribution in [-0.2, 0) is 4.79 Å². The molecule has 0 atom stereocenters. The number of rotatable bonds is 11. The van der Waals surface area contributed by atoms with Gasteiger partial charge in [-0.25, -0.2) is 0 Å². The zero-order valence-corrected chi connectivity index (χ0v) is 12.5. The molecule has 0 aromatic heterocycles. The van der Waals surface area contributed by atoms with Crippen LogP contribution in [0.5, 0.6) is 0 Å². The van der Waals surface area contributed by atoms with Crippen molar-refractivity contribution in [2.75, 3.05) is 0 Å². The fraction of sp³-hybridized carbons (Fsp3) is 0.588. The lowest BCUT2D eigenvalue weighted by Crippen LogP contribution is -2.13. The van der Waals surface area contributed by atoms with Gasteiger partial charge in [0.2, 0.25) is 5.91 Å². The second kappa shape index (κ2) is 13.1. The van der Waals surface area contributed by atoms with Gasteiger partial charge in [-0.05, 0) is 38.5 Å². The van der Waals surface area contributed by atoms with Gasteiger partial charge >= 0.3 is 0 Å². The van der Waals surface area contributed by atoms with Crippen molar-refractivity contribution < 1.29 is 4.79 Å². The van der Waals surface area contributed by atoms with E-state index in [4.69, 9.17) is 5.73 Å². The van der Waals surface area contributed by atoms with Crippen molar-refractivity contribution >= 4 is 5.91 Å². The number of hydrogen-bond acceptors (Lipinski definition) is 1. The van der Waals surface area contributed by atoms with E-state index in [1.807, 2.05) is 6.08 Å². The van der Waals surface area contributed by atoms with E-state index >= 15 is 0 Å². The Labute approximate surface area is 118 Å². The van der Waals surface area contributed by atoms with Crippen LogP contribution >= 0.6 is 0 Å². The predicted molar refractivity (Wildman–Crippen MR) is 83.8 cm³/mol. The van der Waals surface area contributed by atoms with Gasteiger partial charge in [-0.3, -0.25) is 4.79 Å². The van der Waals surface area contributed by atoms with E-state index < -0.39 is 0 Å². The van der Waals surface area contributed by atoms with Crippen LogP contribution in [0.4, 0.5) is 0 Å². The van der Waals surface area contributed by atoms with Crippen molar-refractivity contribution in [3.63, 3.8) is 0 Å². The summed E-state index contributed by atoms with van der Waals surface area (Å²) in [6.07, 6.45) is 19.1. The number of amides is 1. The number of primary amides is 1. The fourth-order valence-corrected chi connectivity index (χ4v) is 1.69. The van der Waals surface area contributed by atoms with Gasteiger partial charge in [-0.2, -0.15) is 0 Å². The minimum Gasteiger partial charge on any atom is -0.366 e. The van der Waals surface area contributed by atoms with Gasteiger partial charge in [-0.1, -0.05) is 57.1 Å². The van der Waals surface area contributed by atoms with Gasteiger partial charge in [0.25, 0.3) is 0 Å². The molecule has 0 fully saturated rings. The van der Waals surface area contributed by atoms with Crippen molar-refractivity contribution in [1.82, 2.24) is 0 Å². The van der Waals surface area contributed by atoms with E-state index in [1.165, 1.54) is 19.3 Å². The Morgan fingerprint density at radius 1 is 0.895 bits per heavy atom. The summed E-state index contributed by atoms with van der Waals surface area (Å²) in [7, 11) is 0. The first-order valence-corrected chi connectivity index (χ1v) is 7.51. The molecule has 0 aromatic carbocycles. The van der Waals surface area contributed by atoms with E-state index in [-0.39, 0.29) is 5.91 Å². The van der Waals surface area contributed by atoms with E-state index in [0.717, 1.165) is 31.3 Å². The van der Waals surface area contributed by atoms with E-state index in [9.17, 15) is 4.79 Å². The topological polar surface area (TPSA) is 43.1 Å². The molecule has 0 heterocycles. The second-order valence-corrected chi connectivity index (χ2v) is 4.75. The molecule has 0 unspecified atom stereocenters. The molecule has 2 heteroatoms. The molecule has 108 valence electrons. The Morgan fingerprint density at radius 3 is 2.05 bits per heavy atom. The normalized spacial score (nSPS) is 12.6. The molecular weight excluding hydrogens is 234 g/mol. The Hall–Kier alpha value is -1.31. The zero-order chi connectivity index (χ0) is 14.3. The van der Waals surface area contributed by atoms with Crippen molar-refractivity contribution in [1.29, 1.82) is 0 Å². The fourth-order valence-electron chi connectivity index (χ4n) is 1.69. The molecule has 0 saturated carbocycles. The summed E-state index contributed by atoms with van der Waals surface area (Å²) in [5.74, 6) is -0.291. The molecule has 0 saturated heterocycles. The molecule has 1 amide bonds.